The Kier molecular flexibility index (Phi) is 7.76. The van der Waals surface area contributed by atoms with Gasteiger partial charge in [0.05, 0.1) is 40.5 Å². The Hall–Kier alpha value is -3.63. The molecule has 0 amide bonds. The number of hydrogen-bond donors (Lipinski definition) is 2. The fourth-order valence-electron chi connectivity index (χ4n) is 5.55. The van der Waals surface area contributed by atoms with E-state index in [0.29, 0.717) is 40.9 Å². The number of benzene rings is 3. The third-order valence-electron chi connectivity index (χ3n) is 7.34. The van der Waals surface area contributed by atoms with Crippen molar-refractivity contribution in [2.75, 3.05) is 47.1 Å². The van der Waals surface area contributed by atoms with E-state index in [1.807, 2.05) is 42.5 Å². The van der Waals surface area contributed by atoms with Crippen LogP contribution in [0.2, 0.25) is 0 Å². The number of fused-ring (bicyclic) bond motifs is 2. The minimum absolute atomic E-state index is 0.0808. The number of esters is 1. The molecule has 10 heteroatoms. The summed E-state index contributed by atoms with van der Waals surface area (Å²) in [6.45, 7) is 0.379. The number of carbonyl (C=O) groups excluding carboxylic acids is 1. The number of anilines is 1. The van der Waals surface area contributed by atoms with E-state index in [9.17, 15) is 9.90 Å². The van der Waals surface area contributed by atoms with Crippen molar-refractivity contribution in [3.63, 3.8) is 0 Å². The zero-order chi connectivity index (χ0) is 27.7. The zero-order valence-electron chi connectivity index (χ0n) is 22.0. The molecular weight excluding hydrogens is 570 g/mol. The summed E-state index contributed by atoms with van der Waals surface area (Å²) in [6, 6.07) is 15.0. The SMILES string of the molecule is COC(=O)[C@H]1[C@H](c2cc(OC)c(OC)c(OC)c2)c2cc3c(cc2C(O)[C@@H]1CNc1cccc(Br)c1)OCO3. The van der Waals surface area contributed by atoms with Gasteiger partial charge < -0.3 is 38.8 Å². The maximum atomic E-state index is 13.5. The summed E-state index contributed by atoms with van der Waals surface area (Å²) < 4.78 is 34.3. The van der Waals surface area contributed by atoms with Gasteiger partial charge in [0.2, 0.25) is 12.5 Å². The molecule has 9 nitrogen and oxygen atoms in total. The van der Waals surface area contributed by atoms with Gasteiger partial charge in [-0.3, -0.25) is 4.79 Å². The average Bonchev–Trinajstić information content (AvgIpc) is 3.42. The summed E-state index contributed by atoms with van der Waals surface area (Å²) in [5, 5.41) is 15.1. The molecule has 0 bridgehead atoms. The largest absolute Gasteiger partial charge is 0.493 e. The smallest absolute Gasteiger partial charge is 0.310 e. The summed E-state index contributed by atoms with van der Waals surface area (Å²) >= 11 is 3.49. The standard InChI is InChI=1S/C29H30BrNO8/c1-34-23-8-15(9-24(35-2)28(23)36-3)25-18-11-21-22(39-14-38-21)12-19(18)27(32)20(26(25)29(33)37-4)13-31-17-7-5-6-16(30)10-17/h5-12,20,25-27,31-32H,13-14H2,1-4H3/t20-,25-,26-,27?/m1/s1. The predicted octanol–water partition coefficient (Wildman–Crippen LogP) is 4.90. The van der Waals surface area contributed by atoms with Gasteiger partial charge in [-0.2, -0.15) is 0 Å². The number of methoxy groups -OCH3 is 4. The Bertz CT molecular complexity index is 1350. The molecule has 1 aliphatic heterocycles. The average molecular weight is 600 g/mol. The fourth-order valence-corrected chi connectivity index (χ4v) is 5.95. The van der Waals surface area contributed by atoms with Crippen LogP contribution < -0.4 is 29.0 Å². The second-order valence-corrected chi connectivity index (χ2v) is 10.2. The Balaban J connectivity index is 1.68. The highest BCUT2D eigenvalue weighted by molar-refractivity contribution is 9.10. The molecule has 0 fully saturated rings. The van der Waals surface area contributed by atoms with Crippen molar-refractivity contribution in [3.05, 3.63) is 69.7 Å². The molecule has 0 radical (unpaired) electrons. The number of carbonyl (C=O) groups is 1. The first kappa shape index (κ1) is 27.0. The maximum absolute atomic E-state index is 13.5. The van der Waals surface area contributed by atoms with Crippen LogP contribution in [0.5, 0.6) is 28.7 Å². The Labute approximate surface area is 235 Å². The van der Waals surface area contributed by atoms with Gasteiger partial charge in [0.1, 0.15) is 0 Å². The molecule has 1 unspecified atom stereocenters. The van der Waals surface area contributed by atoms with Gasteiger partial charge >= 0.3 is 5.97 Å². The first-order chi connectivity index (χ1) is 18.9. The first-order valence-electron chi connectivity index (χ1n) is 12.4. The summed E-state index contributed by atoms with van der Waals surface area (Å²) in [7, 11) is 5.98. The lowest BCUT2D eigenvalue weighted by atomic mass is 9.65. The van der Waals surface area contributed by atoms with E-state index in [4.69, 9.17) is 28.4 Å². The van der Waals surface area contributed by atoms with E-state index in [0.717, 1.165) is 21.3 Å². The van der Waals surface area contributed by atoms with Crippen LogP contribution in [0, 0.1) is 11.8 Å². The predicted molar refractivity (Wildman–Crippen MR) is 147 cm³/mol. The van der Waals surface area contributed by atoms with Crippen LogP contribution in [0.1, 0.15) is 28.7 Å². The minimum atomic E-state index is -0.989. The van der Waals surface area contributed by atoms with Crippen LogP contribution in [0.4, 0.5) is 5.69 Å². The normalized spacial score (nSPS) is 21.1. The molecule has 3 aromatic rings. The number of ether oxygens (including phenoxy) is 6. The summed E-state index contributed by atoms with van der Waals surface area (Å²) in [4.78, 5) is 13.5. The van der Waals surface area contributed by atoms with Crippen LogP contribution in [0.3, 0.4) is 0 Å². The summed E-state index contributed by atoms with van der Waals surface area (Å²) in [6.07, 6.45) is -0.989. The molecule has 1 heterocycles. The topological polar surface area (TPSA) is 105 Å². The molecule has 1 aliphatic carbocycles. The van der Waals surface area contributed by atoms with Gasteiger partial charge in [-0.05, 0) is 59.2 Å². The van der Waals surface area contributed by atoms with E-state index < -0.39 is 29.8 Å². The van der Waals surface area contributed by atoms with Crippen LogP contribution in [-0.4, -0.2) is 52.9 Å². The number of aliphatic hydroxyl groups is 1. The molecule has 4 atom stereocenters. The van der Waals surface area contributed by atoms with Crippen molar-refractivity contribution < 1.29 is 38.3 Å². The number of nitrogens with one attached hydrogen (secondary N) is 1. The summed E-state index contributed by atoms with van der Waals surface area (Å²) in [5.74, 6) is 0.131. The number of rotatable bonds is 8. The van der Waals surface area contributed by atoms with Gasteiger partial charge in [-0.15, -0.1) is 0 Å². The molecule has 5 rings (SSSR count). The van der Waals surface area contributed by atoms with E-state index in [-0.39, 0.29) is 6.79 Å². The van der Waals surface area contributed by atoms with Gasteiger partial charge in [0, 0.05) is 28.5 Å². The molecule has 0 saturated heterocycles. The highest BCUT2D eigenvalue weighted by atomic mass is 79.9. The summed E-state index contributed by atoms with van der Waals surface area (Å²) in [5.41, 5.74) is 2.97. The van der Waals surface area contributed by atoms with Crippen molar-refractivity contribution in [3.8, 4) is 28.7 Å². The Morgan fingerprint density at radius 3 is 2.23 bits per heavy atom. The number of aliphatic hydroxyl groups excluding tert-OH is 1. The Morgan fingerprint density at radius 1 is 0.974 bits per heavy atom. The lowest BCUT2D eigenvalue weighted by Gasteiger charge is -2.41. The van der Waals surface area contributed by atoms with E-state index in [2.05, 4.69) is 21.2 Å². The van der Waals surface area contributed by atoms with Gasteiger partial charge in [0.25, 0.3) is 0 Å². The van der Waals surface area contributed by atoms with E-state index >= 15 is 0 Å². The number of halogens is 1. The molecule has 0 aromatic heterocycles. The van der Waals surface area contributed by atoms with Gasteiger partial charge in [0.15, 0.2) is 23.0 Å². The molecule has 0 spiro atoms. The van der Waals surface area contributed by atoms with E-state index in [1.165, 1.54) is 14.2 Å². The molecule has 2 N–H and O–H groups in total. The van der Waals surface area contributed by atoms with Gasteiger partial charge in [-0.25, -0.2) is 0 Å². The maximum Gasteiger partial charge on any atom is 0.310 e. The highest BCUT2D eigenvalue weighted by Crippen LogP contribution is 2.54. The van der Waals surface area contributed by atoms with E-state index in [1.54, 1.807) is 20.3 Å². The van der Waals surface area contributed by atoms with Crippen molar-refractivity contribution in [1.82, 2.24) is 0 Å². The zero-order valence-corrected chi connectivity index (χ0v) is 23.6. The second kappa shape index (κ2) is 11.2. The molecular formula is C29H30BrNO8. The van der Waals surface area contributed by atoms with Crippen molar-refractivity contribution >= 4 is 27.6 Å². The molecule has 39 heavy (non-hydrogen) atoms. The van der Waals surface area contributed by atoms with Crippen LogP contribution in [0.15, 0.2) is 53.0 Å². The Morgan fingerprint density at radius 2 is 1.64 bits per heavy atom. The first-order valence-corrected chi connectivity index (χ1v) is 13.2. The molecule has 0 saturated carbocycles. The monoisotopic (exact) mass is 599 g/mol. The fraction of sp³-hybridized carbons (Fsp3) is 0.345. The van der Waals surface area contributed by atoms with Crippen LogP contribution in [0.25, 0.3) is 0 Å². The highest BCUT2D eigenvalue weighted by Gasteiger charge is 2.48. The van der Waals surface area contributed by atoms with Crippen LogP contribution >= 0.6 is 15.9 Å². The lowest BCUT2D eigenvalue weighted by molar-refractivity contribution is -0.150. The number of hydrogen-bond acceptors (Lipinski definition) is 9. The molecule has 206 valence electrons. The second-order valence-electron chi connectivity index (χ2n) is 9.32. The van der Waals surface area contributed by atoms with Crippen molar-refractivity contribution in [2.45, 2.75) is 12.0 Å². The van der Waals surface area contributed by atoms with Crippen molar-refractivity contribution in [2.24, 2.45) is 11.8 Å². The molecule has 2 aliphatic rings. The van der Waals surface area contributed by atoms with Gasteiger partial charge in [-0.1, -0.05) is 22.0 Å². The lowest BCUT2D eigenvalue weighted by Crippen LogP contribution is -2.42. The van der Waals surface area contributed by atoms with Crippen molar-refractivity contribution in [1.29, 1.82) is 0 Å². The quantitative estimate of drug-likeness (QED) is 0.350. The minimum Gasteiger partial charge on any atom is -0.493 e. The third-order valence-corrected chi connectivity index (χ3v) is 7.84. The van der Waals surface area contributed by atoms with Crippen LogP contribution in [-0.2, 0) is 9.53 Å². The third kappa shape index (κ3) is 4.94. The molecule has 3 aromatic carbocycles.